The van der Waals surface area contributed by atoms with Crippen LogP contribution in [0.25, 0.3) is 11.1 Å². The number of anilines is 2. The van der Waals surface area contributed by atoms with E-state index in [0.29, 0.717) is 47.7 Å². The van der Waals surface area contributed by atoms with Crippen molar-refractivity contribution >= 4 is 29.2 Å². The number of aromatic nitrogens is 2. The molecule has 1 saturated carbocycles. The fourth-order valence-electron chi connectivity index (χ4n) is 7.73. The van der Waals surface area contributed by atoms with Crippen LogP contribution in [0.3, 0.4) is 0 Å². The Morgan fingerprint density at radius 2 is 1.46 bits per heavy atom. The van der Waals surface area contributed by atoms with Gasteiger partial charge in [0.15, 0.2) is 0 Å². The number of likely N-dealkylation sites (tertiary alicyclic amines) is 1. The molecule has 7 rings (SSSR count). The van der Waals surface area contributed by atoms with Crippen molar-refractivity contribution in [1.29, 1.82) is 0 Å². The number of rotatable bonds is 10. The maximum Gasteiger partial charge on any atom is 0.320 e. The van der Waals surface area contributed by atoms with Gasteiger partial charge in [-0.15, -0.1) is 0 Å². The number of nitrogens with zero attached hydrogens (tertiary/aromatic N) is 4. The minimum atomic E-state index is -0.776. The highest BCUT2D eigenvalue weighted by Crippen LogP contribution is 2.42. The quantitative estimate of drug-likeness (QED) is 0.157. The third-order valence-electron chi connectivity index (χ3n) is 11.1. The molecule has 4 heterocycles. The van der Waals surface area contributed by atoms with Gasteiger partial charge < -0.3 is 15.7 Å². The van der Waals surface area contributed by atoms with Crippen molar-refractivity contribution in [1.82, 2.24) is 19.8 Å². The summed E-state index contributed by atoms with van der Waals surface area (Å²) in [6, 6.07) is 15.5. The average Bonchev–Trinajstić information content (AvgIpc) is 3.99. The molecule has 2 amide bonds. The van der Waals surface area contributed by atoms with Gasteiger partial charge in [0, 0.05) is 49.4 Å². The van der Waals surface area contributed by atoms with Crippen LogP contribution in [-0.2, 0) is 24.3 Å². The first-order chi connectivity index (χ1) is 25.1. The zero-order chi connectivity index (χ0) is 36.5. The number of carboxylic acid groups (broad SMARTS) is 1. The molecule has 1 atom stereocenters. The summed E-state index contributed by atoms with van der Waals surface area (Å²) in [7, 11) is 0. The minimum Gasteiger partial charge on any atom is -0.480 e. The molecule has 270 valence electrons. The number of carboxylic acids is 1. The van der Waals surface area contributed by atoms with Crippen LogP contribution in [-0.4, -0.2) is 67.8 Å². The van der Waals surface area contributed by atoms with Gasteiger partial charge in [0.2, 0.25) is 0 Å². The molecule has 2 aromatic carbocycles. The lowest BCUT2D eigenvalue weighted by atomic mass is 9.94. The number of piperidine rings is 1. The Hall–Kier alpha value is -4.93. The normalized spacial score (nSPS) is 17.8. The zero-order valence-electron chi connectivity index (χ0n) is 30.5. The minimum absolute atomic E-state index is 0.242. The van der Waals surface area contributed by atoms with E-state index in [2.05, 4.69) is 39.3 Å². The standard InChI is InChI=1S/C42H48N6O4/c1-25(2)47-18-16-29-19-37(43-21-30(29)23-47)40(49)45-35-11-7-9-32(26(35)3)33-10-8-12-36(27(33)4)46-41(50)38-20-34(28-14-15-28)31(22-44-38)24-48-17-6-5-13-39(48)42(51)52/h7-12,19-22,25,28,39H,5-6,13-18,23-24H2,1-4H3,(H,45,49)(H,46,50)(H,51,52). The molecule has 10 heteroatoms. The first-order valence-electron chi connectivity index (χ1n) is 18.6. The van der Waals surface area contributed by atoms with E-state index < -0.39 is 12.0 Å². The fraction of sp³-hybridized carbons (Fsp3) is 0.405. The van der Waals surface area contributed by atoms with Crippen molar-refractivity contribution in [3.05, 3.63) is 106 Å². The summed E-state index contributed by atoms with van der Waals surface area (Å²) in [5.74, 6) is -0.935. The van der Waals surface area contributed by atoms with Gasteiger partial charge in [-0.05, 0) is 141 Å². The third-order valence-corrected chi connectivity index (χ3v) is 11.1. The second kappa shape index (κ2) is 15.0. The molecule has 1 unspecified atom stereocenters. The SMILES string of the molecule is Cc1c(NC(=O)c2cc3c(cn2)CN(C(C)C)CC3)cccc1-c1cccc(NC(=O)c2cc(C3CC3)c(CN3CCCCC3C(=O)O)cn2)c1C. The molecule has 1 saturated heterocycles. The highest BCUT2D eigenvalue weighted by molar-refractivity contribution is 6.05. The van der Waals surface area contributed by atoms with E-state index in [1.807, 2.05) is 73.5 Å². The molecule has 10 nitrogen and oxygen atoms in total. The molecule has 0 bridgehead atoms. The number of benzene rings is 2. The number of aliphatic carboxylic acids is 1. The summed E-state index contributed by atoms with van der Waals surface area (Å²) >= 11 is 0. The Kier molecular flexibility index (Phi) is 10.2. The van der Waals surface area contributed by atoms with Gasteiger partial charge in [-0.1, -0.05) is 30.7 Å². The van der Waals surface area contributed by atoms with Crippen LogP contribution in [0.5, 0.6) is 0 Å². The molecular weight excluding hydrogens is 653 g/mol. The van der Waals surface area contributed by atoms with E-state index in [1.165, 1.54) is 11.1 Å². The number of hydrogen-bond donors (Lipinski definition) is 3. The summed E-state index contributed by atoms with van der Waals surface area (Å²) < 4.78 is 0. The fourth-order valence-corrected chi connectivity index (χ4v) is 7.73. The van der Waals surface area contributed by atoms with Crippen LogP contribution >= 0.6 is 0 Å². The van der Waals surface area contributed by atoms with Crippen molar-refractivity contribution < 1.29 is 19.5 Å². The smallest absolute Gasteiger partial charge is 0.320 e. The van der Waals surface area contributed by atoms with Gasteiger partial charge in [-0.25, -0.2) is 0 Å². The van der Waals surface area contributed by atoms with Crippen LogP contribution in [0.4, 0.5) is 11.4 Å². The van der Waals surface area contributed by atoms with Gasteiger partial charge in [0.1, 0.15) is 17.4 Å². The number of nitrogens with one attached hydrogen (secondary N) is 2. The molecule has 2 aliphatic heterocycles. The summed E-state index contributed by atoms with van der Waals surface area (Å²) in [5.41, 5.74) is 10.3. The van der Waals surface area contributed by atoms with Crippen LogP contribution in [0, 0.1) is 13.8 Å². The van der Waals surface area contributed by atoms with Crippen LogP contribution < -0.4 is 10.6 Å². The van der Waals surface area contributed by atoms with E-state index in [1.54, 1.807) is 6.20 Å². The summed E-state index contributed by atoms with van der Waals surface area (Å²) in [4.78, 5) is 52.5. The molecular formula is C42H48N6O4. The Bertz CT molecular complexity index is 2020. The van der Waals surface area contributed by atoms with Gasteiger partial charge in [-0.2, -0.15) is 0 Å². The van der Waals surface area contributed by atoms with Crippen molar-refractivity contribution in [3.63, 3.8) is 0 Å². The molecule has 0 radical (unpaired) electrons. The third kappa shape index (κ3) is 7.49. The van der Waals surface area contributed by atoms with Crippen LogP contribution in [0.2, 0.25) is 0 Å². The maximum absolute atomic E-state index is 13.6. The second-order valence-electron chi connectivity index (χ2n) is 14.9. The molecule has 2 fully saturated rings. The summed E-state index contributed by atoms with van der Waals surface area (Å²) in [6.07, 6.45) is 9.18. The highest BCUT2D eigenvalue weighted by Gasteiger charge is 2.32. The predicted octanol–water partition coefficient (Wildman–Crippen LogP) is 7.35. The lowest BCUT2D eigenvalue weighted by Gasteiger charge is -2.33. The van der Waals surface area contributed by atoms with Gasteiger partial charge >= 0.3 is 5.97 Å². The second-order valence-corrected chi connectivity index (χ2v) is 14.9. The Labute approximate surface area is 305 Å². The first-order valence-corrected chi connectivity index (χ1v) is 18.6. The molecule has 1 aliphatic carbocycles. The number of fused-ring (bicyclic) bond motifs is 1. The number of hydrogen-bond acceptors (Lipinski definition) is 7. The van der Waals surface area contributed by atoms with Crippen molar-refractivity contribution in [2.75, 3.05) is 23.7 Å². The van der Waals surface area contributed by atoms with Crippen LogP contribution in [0.15, 0.2) is 60.9 Å². The van der Waals surface area contributed by atoms with Gasteiger partial charge in [-0.3, -0.25) is 34.2 Å². The Morgan fingerprint density at radius 3 is 2.08 bits per heavy atom. The summed E-state index contributed by atoms with van der Waals surface area (Å²) in [6.45, 7) is 11.5. The Balaban J connectivity index is 1.07. The number of amides is 2. The molecule has 4 aromatic rings. The van der Waals surface area contributed by atoms with Crippen LogP contribution in [0.1, 0.15) is 106 Å². The molecule has 3 N–H and O–H groups in total. The number of carbonyl (C=O) groups excluding carboxylic acids is 2. The topological polar surface area (TPSA) is 128 Å². The van der Waals surface area contributed by atoms with Gasteiger partial charge in [0.25, 0.3) is 11.8 Å². The maximum atomic E-state index is 13.6. The van der Waals surface area contributed by atoms with E-state index in [-0.39, 0.29) is 11.8 Å². The van der Waals surface area contributed by atoms with E-state index in [0.717, 1.165) is 85.1 Å². The zero-order valence-corrected chi connectivity index (χ0v) is 30.5. The lowest BCUT2D eigenvalue weighted by Crippen LogP contribution is -2.44. The van der Waals surface area contributed by atoms with Gasteiger partial charge in [0.05, 0.1) is 0 Å². The molecule has 52 heavy (non-hydrogen) atoms. The van der Waals surface area contributed by atoms with E-state index >= 15 is 0 Å². The van der Waals surface area contributed by atoms with Crippen molar-refractivity contribution in [2.45, 2.75) is 97.3 Å². The van der Waals surface area contributed by atoms with Crippen molar-refractivity contribution in [3.8, 4) is 11.1 Å². The molecule has 0 spiro atoms. The Morgan fingerprint density at radius 1 is 0.827 bits per heavy atom. The predicted molar refractivity (Wildman–Crippen MR) is 203 cm³/mol. The summed E-state index contributed by atoms with van der Waals surface area (Å²) in [5, 5.41) is 16.0. The molecule has 3 aliphatic rings. The largest absolute Gasteiger partial charge is 0.480 e. The van der Waals surface area contributed by atoms with E-state index in [4.69, 9.17) is 0 Å². The highest BCUT2D eigenvalue weighted by atomic mass is 16.4. The number of carbonyl (C=O) groups is 3. The number of pyridine rings is 2. The molecule has 2 aromatic heterocycles. The first kappa shape index (κ1) is 35.5. The van der Waals surface area contributed by atoms with Crippen molar-refractivity contribution in [2.24, 2.45) is 0 Å². The average molecular weight is 701 g/mol. The lowest BCUT2D eigenvalue weighted by molar-refractivity contribution is -0.144. The monoisotopic (exact) mass is 700 g/mol. The van der Waals surface area contributed by atoms with E-state index in [9.17, 15) is 19.5 Å².